The fraction of sp³-hybridized carbons (Fsp3) is 0.100. The number of rotatable bonds is 1. The van der Waals surface area contributed by atoms with E-state index in [-0.39, 0.29) is 5.91 Å². The summed E-state index contributed by atoms with van der Waals surface area (Å²) in [4.78, 5) is 11.4. The average molecular weight is 176 g/mol. The number of hydrogen-bond donors (Lipinski definition) is 1. The van der Waals surface area contributed by atoms with Crippen LogP contribution in [0, 0.1) is 0 Å². The Morgan fingerprint density at radius 3 is 2.62 bits per heavy atom. The standard InChI is InChI=1S/C10H9NO2/c1-13-9-6-11-10(12)8-5-3-2-4-7(8)9/h2-6H,1H3,(H,11,12)/p+1. The van der Waals surface area contributed by atoms with E-state index < -0.39 is 0 Å². The maximum atomic E-state index is 11.4. The highest BCUT2D eigenvalue weighted by atomic mass is 16.5. The number of methoxy groups -OCH3 is 1. The van der Waals surface area contributed by atoms with Gasteiger partial charge in [0.1, 0.15) is 6.20 Å². The summed E-state index contributed by atoms with van der Waals surface area (Å²) >= 11 is 0. The molecule has 0 atom stereocenters. The van der Waals surface area contributed by atoms with Gasteiger partial charge < -0.3 is 4.74 Å². The third kappa shape index (κ3) is 1.23. The lowest BCUT2D eigenvalue weighted by molar-refractivity contribution is -0.482. The first-order chi connectivity index (χ1) is 6.33. The molecule has 1 aromatic rings. The quantitative estimate of drug-likeness (QED) is 0.670. The maximum absolute atomic E-state index is 11.4. The van der Waals surface area contributed by atoms with E-state index >= 15 is 0 Å². The average Bonchev–Trinajstić information content (AvgIpc) is 2.19. The zero-order chi connectivity index (χ0) is 9.26. The summed E-state index contributed by atoms with van der Waals surface area (Å²) in [7, 11) is 1.60. The number of carbonyl (C=O) groups excluding carboxylic acids is 1. The number of ether oxygens (including phenoxy) is 1. The fourth-order valence-corrected chi connectivity index (χ4v) is 1.42. The molecular weight excluding hydrogens is 166 g/mol. The van der Waals surface area contributed by atoms with Crippen molar-refractivity contribution in [2.24, 2.45) is 0 Å². The molecular formula is C10H10NO2+. The lowest BCUT2D eigenvalue weighted by atomic mass is 10.0. The van der Waals surface area contributed by atoms with Crippen molar-refractivity contribution < 1.29 is 14.8 Å². The van der Waals surface area contributed by atoms with Crippen molar-refractivity contribution in [3.8, 4) is 0 Å². The molecule has 66 valence electrons. The Kier molecular flexibility index (Phi) is 1.87. The van der Waals surface area contributed by atoms with E-state index in [2.05, 4.69) is 0 Å². The van der Waals surface area contributed by atoms with Crippen LogP contribution in [-0.4, -0.2) is 13.0 Å². The van der Waals surface area contributed by atoms with Crippen molar-refractivity contribution in [1.82, 2.24) is 0 Å². The minimum atomic E-state index is 0.0383. The predicted molar refractivity (Wildman–Crippen MR) is 47.7 cm³/mol. The van der Waals surface area contributed by atoms with Crippen molar-refractivity contribution in [2.45, 2.75) is 0 Å². The van der Waals surface area contributed by atoms with E-state index in [1.54, 1.807) is 19.4 Å². The normalized spacial score (nSPS) is 14.8. The lowest BCUT2D eigenvalue weighted by Gasteiger charge is -2.12. The van der Waals surface area contributed by atoms with Crippen LogP contribution in [0.3, 0.4) is 0 Å². The molecule has 3 nitrogen and oxygen atoms in total. The van der Waals surface area contributed by atoms with E-state index in [9.17, 15) is 4.79 Å². The van der Waals surface area contributed by atoms with Crippen LogP contribution in [0.1, 0.15) is 15.9 Å². The molecule has 2 N–H and O–H groups in total. The Morgan fingerprint density at radius 1 is 1.23 bits per heavy atom. The van der Waals surface area contributed by atoms with Gasteiger partial charge in [-0.3, -0.25) is 0 Å². The Bertz CT molecular complexity index is 382. The summed E-state index contributed by atoms with van der Waals surface area (Å²) in [5.41, 5.74) is 1.58. The number of quaternary nitrogens is 1. The molecule has 0 bridgehead atoms. The molecule has 0 saturated carbocycles. The second-order valence-corrected chi connectivity index (χ2v) is 2.81. The fourth-order valence-electron chi connectivity index (χ4n) is 1.42. The third-order valence-electron chi connectivity index (χ3n) is 2.06. The van der Waals surface area contributed by atoms with Gasteiger partial charge in [0.2, 0.25) is 0 Å². The first kappa shape index (κ1) is 8.01. The predicted octanol–water partition coefficient (Wildman–Crippen LogP) is 0.349. The van der Waals surface area contributed by atoms with Crippen LogP contribution in [-0.2, 0) is 4.74 Å². The minimum Gasteiger partial charge on any atom is -0.491 e. The molecule has 1 amide bonds. The first-order valence-corrected chi connectivity index (χ1v) is 4.05. The van der Waals surface area contributed by atoms with Crippen molar-refractivity contribution in [3.63, 3.8) is 0 Å². The molecule has 1 aromatic carbocycles. The van der Waals surface area contributed by atoms with Crippen molar-refractivity contribution >= 4 is 11.7 Å². The van der Waals surface area contributed by atoms with Gasteiger partial charge >= 0.3 is 5.91 Å². The highest BCUT2D eigenvalue weighted by Crippen LogP contribution is 2.19. The number of nitrogens with two attached hydrogens (primary N) is 1. The van der Waals surface area contributed by atoms with Gasteiger partial charge in [0.15, 0.2) is 5.76 Å². The van der Waals surface area contributed by atoms with Crippen LogP contribution in [0.25, 0.3) is 5.76 Å². The number of fused-ring (bicyclic) bond motifs is 1. The molecule has 1 aliphatic rings. The van der Waals surface area contributed by atoms with Crippen LogP contribution in [0.2, 0.25) is 0 Å². The van der Waals surface area contributed by atoms with Gasteiger partial charge in [-0.2, -0.15) is 0 Å². The van der Waals surface area contributed by atoms with E-state index in [0.717, 1.165) is 11.3 Å². The Labute approximate surface area is 76.0 Å². The van der Waals surface area contributed by atoms with Gasteiger partial charge in [-0.1, -0.05) is 18.2 Å². The number of carbonyl (C=O) groups is 1. The molecule has 3 heteroatoms. The van der Waals surface area contributed by atoms with Crippen LogP contribution in [0.5, 0.6) is 0 Å². The van der Waals surface area contributed by atoms with Crippen molar-refractivity contribution in [3.05, 3.63) is 41.6 Å². The monoisotopic (exact) mass is 176 g/mol. The largest absolute Gasteiger partial charge is 0.491 e. The van der Waals surface area contributed by atoms with E-state index in [1.807, 2.05) is 18.2 Å². The van der Waals surface area contributed by atoms with E-state index in [1.165, 1.54) is 5.32 Å². The number of benzene rings is 1. The second kappa shape index (κ2) is 3.03. The number of hydrogen-bond acceptors (Lipinski definition) is 2. The minimum absolute atomic E-state index is 0.0383. The highest BCUT2D eigenvalue weighted by molar-refractivity contribution is 5.94. The van der Waals surface area contributed by atoms with Crippen LogP contribution in [0.15, 0.2) is 30.5 Å². The van der Waals surface area contributed by atoms with E-state index in [4.69, 9.17) is 4.74 Å². The highest BCUT2D eigenvalue weighted by Gasteiger charge is 2.22. The van der Waals surface area contributed by atoms with Crippen molar-refractivity contribution in [2.75, 3.05) is 7.11 Å². The molecule has 1 aliphatic heterocycles. The SMILES string of the molecule is COC1=C[NH2+]C(=O)c2ccccc21. The summed E-state index contributed by atoms with van der Waals surface area (Å²) < 4.78 is 5.14. The van der Waals surface area contributed by atoms with Crippen LogP contribution in [0.4, 0.5) is 0 Å². The van der Waals surface area contributed by atoms with Gasteiger partial charge in [-0.25, -0.2) is 10.1 Å². The molecule has 0 aliphatic carbocycles. The summed E-state index contributed by atoms with van der Waals surface area (Å²) in [5.74, 6) is 0.784. The van der Waals surface area contributed by atoms with Crippen molar-refractivity contribution in [1.29, 1.82) is 0 Å². The smallest absolute Gasteiger partial charge is 0.348 e. The lowest BCUT2D eigenvalue weighted by Crippen LogP contribution is -2.83. The Morgan fingerprint density at radius 2 is 1.92 bits per heavy atom. The van der Waals surface area contributed by atoms with Gasteiger partial charge in [-0.15, -0.1) is 0 Å². The molecule has 1 heterocycles. The molecule has 2 rings (SSSR count). The number of amides is 1. The first-order valence-electron chi connectivity index (χ1n) is 4.05. The topological polar surface area (TPSA) is 42.9 Å². The van der Waals surface area contributed by atoms with Gasteiger partial charge in [-0.05, 0) is 6.07 Å². The molecule has 0 fully saturated rings. The molecule has 0 saturated heterocycles. The van der Waals surface area contributed by atoms with Crippen LogP contribution >= 0.6 is 0 Å². The summed E-state index contributed by atoms with van der Waals surface area (Å²) in [5, 5.41) is 1.53. The van der Waals surface area contributed by atoms with Gasteiger partial charge in [0, 0.05) is 5.56 Å². The number of primary amides is 1. The maximum Gasteiger partial charge on any atom is 0.348 e. The van der Waals surface area contributed by atoms with Gasteiger partial charge in [0.25, 0.3) is 0 Å². The zero-order valence-electron chi connectivity index (χ0n) is 7.28. The Balaban J connectivity index is 2.58. The zero-order valence-corrected chi connectivity index (χ0v) is 7.28. The van der Waals surface area contributed by atoms with Crippen LogP contribution < -0.4 is 5.32 Å². The summed E-state index contributed by atoms with van der Waals surface area (Å²) in [6, 6.07) is 7.43. The Hall–Kier alpha value is -1.61. The molecule has 0 radical (unpaired) electrons. The van der Waals surface area contributed by atoms with E-state index in [0.29, 0.717) is 5.56 Å². The third-order valence-corrected chi connectivity index (χ3v) is 2.06. The van der Waals surface area contributed by atoms with Gasteiger partial charge in [0.05, 0.1) is 12.7 Å². The summed E-state index contributed by atoms with van der Waals surface area (Å²) in [6.07, 6.45) is 1.70. The molecule has 0 spiro atoms. The molecule has 0 aromatic heterocycles. The molecule has 13 heavy (non-hydrogen) atoms. The molecule has 0 unspecified atom stereocenters. The summed E-state index contributed by atoms with van der Waals surface area (Å²) in [6.45, 7) is 0. The second-order valence-electron chi connectivity index (χ2n) is 2.81.